The molecule has 0 spiro atoms. The van der Waals surface area contributed by atoms with Crippen LogP contribution in [-0.2, 0) is 19.5 Å². The Labute approximate surface area is 164 Å². The van der Waals surface area contributed by atoms with Crippen molar-refractivity contribution in [2.75, 3.05) is 13.1 Å². The van der Waals surface area contributed by atoms with Gasteiger partial charge in [0.05, 0.1) is 0 Å². The summed E-state index contributed by atoms with van der Waals surface area (Å²) in [5, 5.41) is 14.9. The summed E-state index contributed by atoms with van der Waals surface area (Å²) in [7, 11) is 0. The van der Waals surface area contributed by atoms with E-state index in [-0.39, 0.29) is 0 Å². The molecule has 0 aliphatic carbocycles. The molecule has 0 saturated carbocycles. The number of nitrogens with zero attached hydrogens (tertiary/aromatic N) is 4. The predicted octanol–water partition coefficient (Wildman–Crippen LogP) is 3.38. The first kappa shape index (κ1) is 20.4. The fourth-order valence-corrected chi connectivity index (χ4v) is 3.20. The maximum atomic E-state index is 4.66. The molecule has 2 aromatic rings. The van der Waals surface area contributed by atoms with Gasteiger partial charge >= 0.3 is 0 Å². The van der Waals surface area contributed by atoms with Crippen LogP contribution in [0.25, 0.3) is 0 Å². The Kier molecular flexibility index (Phi) is 8.61. The molecule has 0 fully saturated rings. The second-order valence-corrected chi connectivity index (χ2v) is 7.13. The smallest absolute Gasteiger partial charge is 0.191 e. The Balaban J connectivity index is 1.94. The van der Waals surface area contributed by atoms with Gasteiger partial charge in [-0.15, -0.1) is 10.2 Å². The van der Waals surface area contributed by atoms with Crippen LogP contribution in [0.1, 0.15) is 38.6 Å². The van der Waals surface area contributed by atoms with E-state index in [9.17, 15) is 0 Å². The second kappa shape index (κ2) is 11.0. The van der Waals surface area contributed by atoms with E-state index in [0.717, 1.165) is 48.7 Å². The van der Waals surface area contributed by atoms with Crippen molar-refractivity contribution < 1.29 is 0 Å². The van der Waals surface area contributed by atoms with Crippen molar-refractivity contribution in [2.45, 2.75) is 46.7 Å². The molecule has 0 aliphatic heterocycles. The highest BCUT2D eigenvalue weighted by molar-refractivity contribution is 9.10. The molecule has 0 radical (unpaired) electrons. The average molecular weight is 421 g/mol. The number of benzene rings is 1. The number of aliphatic imine (C=N–C) groups is 1. The van der Waals surface area contributed by atoms with Gasteiger partial charge in [-0.25, -0.2) is 4.99 Å². The molecular formula is C19H29BrN6. The third-order valence-electron chi connectivity index (χ3n) is 4.31. The Hall–Kier alpha value is -1.89. The maximum Gasteiger partial charge on any atom is 0.191 e. The van der Waals surface area contributed by atoms with Gasteiger partial charge in [0, 0.05) is 24.1 Å². The van der Waals surface area contributed by atoms with Gasteiger partial charge < -0.3 is 15.2 Å². The van der Waals surface area contributed by atoms with Crippen LogP contribution in [0.15, 0.2) is 40.1 Å². The number of hydrogen-bond acceptors (Lipinski definition) is 3. The molecule has 7 heteroatoms. The molecule has 1 atom stereocenters. The van der Waals surface area contributed by atoms with Gasteiger partial charge in [-0.2, -0.15) is 0 Å². The molecule has 1 heterocycles. The highest BCUT2D eigenvalue weighted by Crippen LogP contribution is 2.16. The monoisotopic (exact) mass is 420 g/mol. The summed E-state index contributed by atoms with van der Waals surface area (Å²) in [4.78, 5) is 4.66. The first-order chi connectivity index (χ1) is 12.7. The van der Waals surface area contributed by atoms with Gasteiger partial charge in [0.1, 0.15) is 12.9 Å². The minimum atomic E-state index is 0.519. The molecule has 142 valence electrons. The van der Waals surface area contributed by atoms with E-state index in [0.29, 0.717) is 12.5 Å². The molecule has 2 N–H and O–H groups in total. The minimum Gasteiger partial charge on any atom is -0.357 e. The van der Waals surface area contributed by atoms with Gasteiger partial charge in [-0.05, 0) is 43.9 Å². The third-order valence-corrected chi connectivity index (χ3v) is 4.80. The molecule has 0 bridgehead atoms. The van der Waals surface area contributed by atoms with Crippen LogP contribution in [0, 0.1) is 5.92 Å². The number of guanidine groups is 1. The molecule has 0 aliphatic rings. The van der Waals surface area contributed by atoms with Gasteiger partial charge in [-0.1, -0.05) is 41.4 Å². The van der Waals surface area contributed by atoms with Crippen LogP contribution in [-0.4, -0.2) is 33.8 Å². The van der Waals surface area contributed by atoms with Crippen molar-refractivity contribution in [3.05, 3.63) is 46.5 Å². The highest BCUT2D eigenvalue weighted by Gasteiger charge is 2.10. The molecule has 2 rings (SSSR count). The molecular weight excluding hydrogens is 392 g/mol. The highest BCUT2D eigenvalue weighted by atomic mass is 79.9. The summed E-state index contributed by atoms with van der Waals surface area (Å²) < 4.78 is 3.14. The van der Waals surface area contributed by atoms with Gasteiger partial charge in [0.25, 0.3) is 0 Å². The van der Waals surface area contributed by atoms with Crippen molar-refractivity contribution in [2.24, 2.45) is 10.9 Å². The van der Waals surface area contributed by atoms with Gasteiger partial charge in [-0.3, -0.25) is 0 Å². The lowest BCUT2D eigenvalue weighted by molar-refractivity contribution is 0.493. The first-order valence-corrected chi connectivity index (χ1v) is 10.1. The van der Waals surface area contributed by atoms with E-state index in [4.69, 9.17) is 0 Å². The zero-order valence-corrected chi connectivity index (χ0v) is 17.5. The van der Waals surface area contributed by atoms with E-state index in [2.05, 4.69) is 86.8 Å². The van der Waals surface area contributed by atoms with E-state index < -0.39 is 0 Å². The minimum absolute atomic E-state index is 0.519. The number of halogens is 1. The summed E-state index contributed by atoms with van der Waals surface area (Å²) in [5.41, 5.74) is 1.35. The normalized spacial score (nSPS) is 12.8. The molecule has 0 amide bonds. The summed E-state index contributed by atoms with van der Waals surface area (Å²) in [5.74, 6) is 2.25. The lowest BCUT2D eigenvalue weighted by Crippen LogP contribution is -2.40. The second-order valence-electron chi connectivity index (χ2n) is 6.22. The lowest BCUT2D eigenvalue weighted by atomic mass is 9.97. The van der Waals surface area contributed by atoms with Crippen molar-refractivity contribution in [1.82, 2.24) is 25.4 Å². The predicted molar refractivity (Wildman–Crippen MR) is 110 cm³/mol. The van der Waals surface area contributed by atoms with E-state index in [1.54, 1.807) is 6.33 Å². The van der Waals surface area contributed by atoms with Crippen molar-refractivity contribution in [1.29, 1.82) is 0 Å². The Morgan fingerprint density at radius 1 is 1.27 bits per heavy atom. The third kappa shape index (κ3) is 6.44. The summed E-state index contributed by atoms with van der Waals surface area (Å²) in [6.07, 6.45) is 3.91. The average Bonchev–Trinajstić information content (AvgIpc) is 3.10. The largest absolute Gasteiger partial charge is 0.357 e. The zero-order chi connectivity index (χ0) is 18.8. The molecule has 6 nitrogen and oxygen atoms in total. The number of nitrogens with one attached hydrogen (secondary N) is 2. The van der Waals surface area contributed by atoms with Crippen LogP contribution >= 0.6 is 15.9 Å². The van der Waals surface area contributed by atoms with E-state index in [1.807, 2.05) is 4.57 Å². The Morgan fingerprint density at radius 3 is 2.81 bits per heavy atom. The van der Waals surface area contributed by atoms with Crippen LogP contribution in [0.3, 0.4) is 0 Å². The van der Waals surface area contributed by atoms with E-state index in [1.165, 1.54) is 5.56 Å². The molecule has 1 unspecified atom stereocenters. The van der Waals surface area contributed by atoms with Gasteiger partial charge in [0.15, 0.2) is 11.8 Å². The zero-order valence-electron chi connectivity index (χ0n) is 15.9. The number of rotatable bonds is 9. The number of hydrogen-bond donors (Lipinski definition) is 2. The molecule has 1 aromatic heterocycles. The topological polar surface area (TPSA) is 67.1 Å². The Morgan fingerprint density at radius 2 is 2.12 bits per heavy atom. The van der Waals surface area contributed by atoms with Gasteiger partial charge in [0.2, 0.25) is 0 Å². The standard InChI is InChI=1S/C19H29BrN6/c1-4-15(10-16-8-7-9-17(20)11-16)12-22-19(21-5-2)23-13-18-25-24-14-26(18)6-3/h7-9,11,14-15H,4-6,10,12-13H2,1-3H3,(H2,21,22,23). The van der Waals surface area contributed by atoms with Crippen molar-refractivity contribution >= 4 is 21.9 Å². The first-order valence-electron chi connectivity index (χ1n) is 9.29. The summed E-state index contributed by atoms with van der Waals surface area (Å²) in [6, 6.07) is 8.53. The summed E-state index contributed by atoms with van der Waals surface area (Å²) >= 11 is 3.55. The van der Waals surface area contributed by atoms with Crippen LogP contribution in [0.5, 0.6) is 0 Å². The SMILES string of the molecule is CCNC(=NCc1nncn1CC)NCC(CC)Cc1cccc(Br)c1. The number of aryl methyl sites for hydroxylation is 1. The Bertz CT molecular complexity index is 697. The lowest BCUT2D eigenvalue weighted by Gasteiger charge is -2.18. The van der Waals surface area contributed by atoms with Crippen LogP contribution in [0.4, 0.5) is 0 Å². The fourth-order valence-electron chi connectivity index (χ4n) is 2.76. The number of aromatic nitrogens is 3. The maximum absolute atomic E-state index is 4.66. The van der Waals surface area contributed by atoms with Crippen LogP contribution < -0.4 is 10.6 Å². The molecule has 26 heavy (non-hydrogen) atoms. The van der Waals surface area contributed by atoms with E-state index >= 15 is 0 Å². The quantitative estimate of drug-likeness (QED) is 0.481. The van der Waals surface area contributed by atoms with Crippen LogP contribution in [0.2, 0.25) is 0 Å². The van der Waals surface area contributed by atoms with Crippen molar-refractivity contribution in [3.8, 4) is 0 Å². The summed E-state index contributed by atoms with van der Waals surface area (Å²) in [6.45, 7) is 9.47. The fraction of sp³-hybridized carbons (Fsp3) is 0.526. The molecule has 1 aromatic carbocycles. The van der Waals surface area contributed by atoms with Crippen molar-refractivity contribution in [3.63, 3.8) is 0 Å². The molecule has 0 saturated heterocycles.